The molecular formula is C17H17N3. The molecule has 0 saturated carbocycles. The predicted molar refractivity (Wildman–Crippen MR) is 83.3 cm³/mol. The lowest BCUT2D eigenvalue weighted by atomic mass is 10.0. The lowest BCUT2D eigenvalue weighted by Gasteiger charge is -2.04. The standard InChI is InChI=1S/C17H17N3/c1-11-3-8-15(12(2)9-11)16-10-19-17(20-16)13-4-6-14(18)7-5-13/h3-10H,18H2,1-2H3,(H,19,20). The minimum atomic E-state index is 0.759. The summed E-state index contributed by atoms with van der Waals surface area (Å²) in [6, 6.07) is 14.1. The van der Waals surface area contributed by atoms with E-state index in [1.807, 2.05) is 30.5 Å². The van der Waals surface area contributed by atoms with Crippen LogP contribution in [0.2, 0.25) is 0 Å². The summed E-state index contributed by atoms with van der Waals surface area (Å²) < 4.78 is 0. The van der Waals surface area contributed by atoms with E-state index in [0.29, 0.717) is 0 Å². The zero-order chi connectivity index (χ0) is 14.1. The lowest BCUT2D eigenvalue weighted by Crippen LogP contribution is -1.86. The van der Waals surface area contributed by atoms with Gasteiger partial charge in [0.2, 0.25) is 0 Å². The van der Waals surface area contributed by atoms with Crippen LogP contribution in [0.3, 0.4) is 0 Å². The third-order valence-electron chi connectivity index (χ3n) is 3.43. The number of aromatic amines is 1. The van der Waals surface area contributed by atoms with Crippen LogP contribution >= 0.6 is 0 Å². The van der Waals surface area contributed by atoms with E-state index >= 15 is 0 Å². The minimum absolute atomic E-state index is 0.759. The summed E-state index contributed by atoms with van der Waals surface area (Å²) >= 11 is 0. The molecule has 0 atom stereocenters. The summed E-state index contributed by atoms with van der Waals surface area (Å²) in [6.45, 7) is 4.22. The van der Waals surface area contributed by atoms with E-state index in [-0.39, 0.29) is 0 Å². The number of nitrogen functional groups attached to an aromatic ring is 1. The molecule has 0 unspecified atom stereocenters. The molecule has 0 spiro atoms. The van der Waals surface area contributed by atoms with Crippen molar-refractivity contribution in [1.29, 1.82) is 0 Å². The van der Waals surface area contributed by atoms with E-state index in [0.717, 1.165) is 22.8 Å². The number of nitrogens with one attached hydrogen (secondary N) is 1. The van der Waals surface area contributed by atoms with Crippen LogP contribution in [-0.2, 0) is 0 Å². The van der Waals surface area contributed by atoms with Crippen LogP contribution in [0.15, 0.2) is 48.7 Å². The Kier molecular flexibility index (Phi) is 3.03. The summed E-state index contributed by atoms with van der Waals surface area (Å²) in [4.78, 5) is 7.83. The highest BCUT2D eigenvalue weighted by Gasteiger charge is 2.07. The maximum Gasteiger partial charge on any atom is 0.137 e. The first kappa shape index (κ1) is 12.5. The highest BCUT2D eigenvalue weighted by molar-refractivity contribution is 5.68. The molecule has 2 aromatic carbocycles. The molecule has 0 aliphatic rings. The smallest absolute Gasteiger partial charge is 0.137 e. The molecule has 3 aromatic rings. The molecule has 3 rings (SSSR count). The highest BCUT2D eigenvalue weighted by Crippen LogP contribution is 2.25. The Balaban J connectivity index is 1.99. The van der Waals surface area contributed by atoms with Crippen molar-refractivity contribution in [2.45, 2.75) is 13.8 Å². The summed E-state index contributed by atoms with van der Waals surface area (Å²) in [5.74, 6) is 0.861. The fraction of sp³-hybridized carbons (Fsp3) is 0.118. The van der Waals surface area contributed by atoms with Crippen LogP contribution in [0.4, 0.5) is 5.69 Å². The SMILES string of the molecule is Cc1ccc(-c2cnc(-c3ccc(N)cc3)[nH]2)c(C)c1. The monoisotopic (exact) mass is 263 g/mol. The van der Waals surface area contributed by atoms with Gasteiger partial charge < -0.3 is 10.7 Å². The maximum atomic E-state index is 5.70. The number of nitrogens with zero attached hydrogens (tertiary/aromatic N) is 1. The predicted octanol–water partition coefficient (Wildman–Crippen LogP) is 3.94. The van der Waals surface area contributed by atoms with Gasteiger partial charge in [-0.05, 0) is 43.7 Å². The zero-order valence-electron chi connectivity index (χ0n) is 11.6. The molecule has 3 N–H and O–H groups in total. The van der Waals surface area contributed by atoms with Gasteiger partial charge in [0.15, 0.2) is 0 Å². The maximum absolute atomic E-state index is 5.70. The van der Waals surface area contributed by atoms with E-state index in [1.165, 1.54) is 16.7 Å². The van der Waals surface area contributed by atoms with Crippen molar-refractivity contribution < 1.29 is 0 Å². The molecule has 0 fully saturated rings. The zero-order valence-corrected chi connectivity index (χ0v) is 11.6. The highest BCUT2D eigenvalue weighted by atomic mass is 14.9. The van der Waals surface area contributed by atoms with Gasteiger partial charge in [0.25, 0.3) is 0 Å². The molecular weight excluding hydrogens is 246 g/mol. The first-order valence-electron chi connectivity index (χ1n) is 6.62. The molecule has 0 amide bonds. The van der Waals surface area contributed by atoms with Crippen molar-refractivity contribution in [3.05, 3.63) is 59.8 Å². The quantitative estimate of drug-likeness (QED) is 0.688. The van der Waals surface area contributed by atoms with Gasteiger partial charge in [0, 0.05) is 16.8 Å². The second-order valence-electron chi connectivity index (χ2n) is 5.09. The van der Waals surface area contributed by atoms with Crippen LogP contribution in [0, 0.1) is 13.8 Å². The fourth-order valence-corrected chi connectivity index (χ4v) is 2.36. The second kappa shape index (κ2) is 4.85. The molecule has 0 saturated heterocycles. The minimum Gasteiger partial charge on any atom is -0.399 e. The molecule has 3 nitrogen and oxygen atoms in total. The van der Waals surface area contributed by atoms with Gasteiger partial charge in [-0.3, -0.25) is 0 Å². The van der Waals surface area contributed by atoms with Crippen molar-refractivity contribution in [2.24, 2.45) is 0 Å². The number of nitrogens with two attached hydrogens (primary N) is 1. The molecule has 0 bridgehead atoms. The van der Waals surface area contributed by atoms with Crippen molar-refractivity contribution in [3.63, 3.8) is 0 Å². The number of rotatable bonds is 2. The Morgan fingerprint density at radius 3 is 2.45 bits per heavy atom. The van der Waals surface area contributed by atoms with E-state index in [4.69, 9.17) is 5.73 Å². The van der Waals surface area contributed by atoms with E-state index in [1.54, 1.807) is 0 Å². The van der Waals surface area contributed by atoms with Gasteiger partial charge in [-0.2, -0.15) is 0 Å². The number of hydrogen-bond donors (Lipinski definition) is 2. The largest absolute Gasteiger partial charge is 0.399 e. The van der Waals surface area contributed by atoms with Gasteiger partial charge in [-0.15, -0.1) is 0 Å². The van der Waals surface area contributed by atoms with E-state index < -0.39 is 0 Å². The first-order chi connectivity index (χ1) is 9.63. The third kappa shape index (κ3) is 2.30. The normalized spacial score (nSPS) is 10.7. The van der Waals surface area contributed by atoms with Crippen LogP contribution in [0.25, 0.3) is 22.6 Å². The van der Waals surface area contributed by atoms with Crippen molar-refractivity contribution in [2.75, 3.05) is 5.73 Å². The number of benzene rings is 2. The first-order valence-corrected chi connectivity index (χ1v) is 6.62. The van der Waals surface area contributed by atoms with Crippen LogP contribution < -0.4 is 5.73 Å². The third-order valence-corrected chi connectivity index (χ3v) is 3.43. The lowest BCUT2D eigenvalue weighted by molar-refractivity contribution is 1.30. The van der Waals surface area contributed by atoms with Crippen LogP contribution in [0.5, 0.6) is 0 Å². The number of imidazole rings is 1. The van der Waals surface area contributed by atoms with Crippen LogP contribution in [0.1, 0.15) is 11.1 Å². The fourth-order valence-electron chi connectivity index (χ4n) is 2.36. The number of aromatic nitrogens is 2. The van der Waals surface area contributed by atoms with Crippen molar-refractivity contribution >= 4 is 5.69 Å². The summed E-state index contributed by atoms with van der Waals surface area (Å²) in [5.41, 5.74) is 12.2. The average molecular weight is 263 g/mol. The number of anilines is 1. The number of hydrogen-bond acceptors (Lipinski definition) is 2. The van der Waals surface area contributed by atoms with Crippen molar-refractivity contribution in [3.8, 4) is 22.6 Å². The summed E-state index contributed by atoms with van der Waals surface area (Å²) in [7, 11) is 0. The Hall–Kier alpha value is -2.55. The topological polar surface area (TPSA) is 54.7 Å². The number of aryl methyl sites for hydroxylation is 2. The Morgan fingerprint density at radius 2 is 1.75 bits per heavy atom. The number of H-pyrrole nitrogens is 1. The van der Waals surface area contributed by atoms with Gasteiger partial charge in [0.1, 0.15) is 5.82 Å². The molecule has 0 aliphatic heterocycles. The van der Waals surface area contributed by atoms with Gasteiger partial charge in [-0.1, -0.05) is 23.8 Å². The Bertz CT molecular complexity index is 739. The van der Waals surface area contributed by atoms with Crippen LogP contribution in [-0.4, -0.2) is 9.97 Å². The summed E-state index contributed by atoms with van der Waals surface area (Å²) in [6.07, 6.45) is 1.88. The molecule has 0 aliphatic carbocycles. The molecule has 20 heavy (non-hydrogen) atoms. The Labute approximate surface area is 118 Å². The van der Waals surface area contributed by atoms with E-state index in [9.17, 15) is 0 Å². The van der Waals surface area contributed by atoms with Gasteiger partial charge in [-0.25, -0.2) is 4.98 Å². The molecule has 1 aromatic heterocycles. The average Bonchev–Trinajstić information content (AvgIpc) is 2.89. The molecule has 1 heterocycles. The van der Waals surface area contributed by atoms with E-state index in [2.05, 4.69) is 42.0 Å². The Morgan fingerprint density at radius 1 is 1.00 bits per heavy atom. The molecule has 3 heteroatoms. The molecule has 100 valence electrons. The van der Waals surface area contributed by atoms with Crippen molar-refractivity contribution in [1.82, 2.24) is 9.97 Å². The molecule has 0 radical (unpaired) electrons. The van der Waals surface area contributed by atoms with Gasteiger partial charge >= 0.3 is 0 Å². The second-order valence-corrected chi connectivity index (χ2v) is 5.09. The summed E-state index contributed by atoms with van der Waals surface area (Å²) in [5, 5.41) is 0. The van der Waals surface area contributed by atoms with Gasteiger partial charge in [0.05, 0.1) is 11.9 Å².